The van der Waals surface area contributed by atoms with Crippen LogP contribution in [0.15, 0.2) is 54.9 Å². The molecule has 1 N–H and O–H groups in total. The summed E-state index contributed by atoms with van der Waals surface area (Å²) in [6, 6.07) is 11.0. The van der Waals surface area contributed by atoms with Gasteiger partial charge in [-0.05, 0) is 53.3 Å². The topological polar surface area (TPSA) is 85.6 Å². The van der Waals surface area contributed by atoms with E-state index in [4.69, 9.17) is 0 Å². The molecule has 0 unspecified atom stereocenters. The summed E-state index contributed by atoms with van der Waals surface area (Å²) in [6.45, 7) is 1.81. The lowest BCUT2D eigenvalue weighted by Gasteiger charge is -2.06. The fourth-order valence-electron chi connectivity index (χ4n) is 2.02. The lowest BCUT2D eigenvalue weighted by Crippen LogP contribution is -2.08. The van der Waals surface area contributed by atoms with Crippen LogP contribution >= 0.6 is 0 Å². The highest BCUT2D eigenvalue weighted by Gasteiger charge is 2.05. The second-order valence-corrected chi connectivity index (χ2v) is 4.80. The van der Waals surface area contributed by atoms with Gasteiger partial charge in [0.25, 0.3) is 0 Å². The van der Waals surface area contributed by atoms with Gasteiger partial charge in [0.15, 0.2) is 5.82 Å². The highest BCUT2D eigenvalue weighted by Crippen LogP contribution is 2.14. The minimum atomic E-state index is -0.223. The van der Waals surface area contributed by atoms with Crippen LogP contribution in [0.3, 0.4) is 0 Å². The Hall–Kier alpha value is -3.35. The molecule has 3 rings (SSSR count). The first-order valence-electron chi connectivity index (χ1n) is 6.97. The standard InChI is InChI=1S/C16H14N6O/c1-12-19-20-21-22(12)15-6-2-5-14(10-15)18-16(23)8-7-13-4-3-9-17-11-13/h2-11H,1H3,(H,18,23)/b8-7+. The average molecular weight is 306 g/mol. The summed E-state index contributed by atoms with van der Waals surface area (Å²) in [5.74, 6) is 0.449. The maximum absolute atomic E-state index is 12.0. The van der Waals surface area contributed by atoms with E-state index < -0.39 is 0 Å². The zero-order valence-corrected chi connectivity index (χ0v) is 12.4. The molecule has 7 nitrogen and oxygen atoms in total. The van der Waals surface area contributed by atoms with Gasteiger partial charge < -0.3 is 5.32 Å². The van der Waals surface area contributed by atoms with Gasteiger partial charge in [0, 0.05) is 24.2 Å². The fraction of sp³-hybridized carbons (Fsp3) is 0.0625. The van der Waals surface area contributed by atoms with E-state index in [9.17, 15) is 4.79 Å². The molecule has 23 heavy (non-hydrogen) atoms. The Labute approximate surface area is 132 Å². The molecule has 0 saturated heterocycles. The van der Waals surface area contributed by atoms with Crippen molar-refractivity contribution in [1.29, 1.82) is 0 Å². The van der Waals surface area contributed by atoms with E-state index in [-0.39, 0.29) is 5.91 Å². The molecule has 0 aliphatic heterocycles. The number of nitrogens with one attached hydrogen (secondary N) is 1. The lowest BCUT2D eigenvalue weighted by molar-refractivity contribution is -0.111. The molecule has 114 valence electrons. The first-order valence-corrected chi connectivity index (χ1v) is 6.97. The van der Waals surface area contributed by atoms with E-state index in [0.717, 1.165) is 11.3 Å². The quantitative estimate of drug-likeness (QED) is 0.745. The number of pyridine rings is 1. The van der Waals surface area contributed by atoms with Crippen LogP contribution in [0.4, 0.5) is 5.69 Å². The van der Waals surface area contributed by atoms with Crippen molar-refractivity contribution in [3.05, 3.63) is 66.3 Å². The van der Waals surface area contributed by atoms with Crippen molar-refractivity contribution in [1.82, 2.24) is 25.2 Å². The maximum atomic E-state index is 12.0. The summed E-state index contributed by atoms with van der Waals surface area (Å²) >= 11 is 0. The van der Waals surface area contributed by atoms with Crippen LogP contribution in [0.1, 0.15) is 11.4 Å². The van der Waals surface area contributed by atoms with Gasteiger partial charge in [-0.25, -0.2) is 0 Å². The normalized spacial score (nSPS) is 10.8. The molecule has 7 heteroatoms. The number of hydrogen-bond acceptors (Lipinski definition) is 5. The van der Waals surface area contributed by atoms with Crippen LogP contribution in [0.25, 0.3) is 11.8 Å². The SMILES string of the molecule is Cc1nnnn1-c1cccc(NC(=O)/C=C/c2cccnc2)c1. The van der Waals surface area contributed by atoms with E-state index in [1.165, 1.54) is 6.08 Å². The van der Waals surface area contributed by atoms with E-state index in [1.807, 2.05) is 31.2 Å². The number of tetrazole rings is 1. The number of carbonyl (C=O) groups is 1. The molecular weight excluding hydrogens is 292 g/mol. The van der Waals surface area contributed by atoms with Gasteiger partial charge >= 0.3 is 0 Å². The van der Waals surface area contributed by atoms with Crippen molar-refractivity contribution >= 4 is 17.7 Å². The molecule has 1 aromatic carbocycles. The molecule has 3 aromatic rings. The van der Waals surface area contributed by atoms with E-state index in [2.05, 4.69) is 25.8 Å². The Balaban J connectivity index is 1.72. The van der Waals surface area contributed by atoms with E-state index in [1.54, 1.807) is 35.3 Å². The van der Waals surface area contributed by atoms with Crippen LogP contribution in [0.2, 0.25) is 0 Å². The third kappa shape index (κ3) is 3.65. The third-order valence-electron chi connectivity index (χ3n) is 3.10. The second kappa shape index (κ2) is 6.61. The zero-order valence-electron chi connectivity index (χ0n) is 12.4. The summed E-state index contributed by atoms with van der Waals surface area (Å²) in [5, 5.41) is 14.2. The molecular formula is C16H14N6O. The Bertz CT molecular complexity index is 841. The van der Waals surface area contributed by atoms with Crippen molar-refractivity contribution < 1.29 is 4.79 Å². The molecule has 0 fully saturated rings. The van der Waals surface area contributed by atoms with E-state index in [0.29, 0.717) is 11.5 Å². The fourth-order valence-corrected chi connectivity index (χ4v) is 2.02. The van der Waals surface area contributed by atoms with Crippen molar-refractivity contribution in [2.24, 2.45) is 0 Å². The van der Waals surface area contributed by atoms with Crippen LogP contribution in [0, 0.1) is 6.92 Å². The Morgan fingerprint density at radius 2 is 2.17 bits per heavy atom. The summed E-state index contributed by atoms with van der Waals surface area (Å²) in [5.41, 5.74) is 2.31. The molecule has 0 aliphatic rings. The number of benzene rings is 1. The van der Waals surface area contributed by atoms with Crippen LogP contribution < -0.4 is 5.32 Å². The molecule has 1 amide bonds. The highest BCUT2D eigenvalue weighted by atomic mass is 16.1. The van der Waals surface area contributed by atoms with Crippen LogP contribution in [-0.2, 0) is 4.79 Å². The number of aryl methyl sites for hydroxylation is 1. The Morgan fingerprint density at radius 1 is 1.26 bits per heavy atom. The lowest BCUT2D eigenvalue weighted by atomic mass is 10.2. The Morgan fingerprint density at radius 3 is 2.91 bits per heavy atom. The number of carbonyl (C=O) groups excluding carboxylic acids is 1. The molecule has 2 aromatic heterocycles. The molecule has 2 heterocycles. The minimum absolute atomic E-state index is 0.223. The first kappa shape index (κ1) is 14.6. The number of rotatable bonds is 4. The number of amides is 1. The van der Waals surface area contributed by atoms with Crippen molar-refractivity contribution in [2.75, 3.05) is 5.32 Å². The van der Waals surface area contributed by atoms with Crippen LogP contribution in [0.5, 0.6) is 0 Å². The van der Waals surface area contributed by atoms with Gasteiger partial charge in [-0.1, -0.05) is 12.1 Å². The molecule has 0 bridgehead atoms. The van der Waals surface area contributed by atoms with Crippen LogP contribution in [-0.4, -0.2) is 31.1 Å². The highest BCUT2D eigenvalue weighted by molar-refractivity contribution is 6.02. The number of anilines is 1. The third-order valence-corrected chi connectivity index (χ3v) is 3.10. The van der Waals surface area contributed by atoms with Gasteiger partial charge in [-0.15, -0.1) is 5.10 Å². The predicted octanol–water partition coefficient (Wildman–Crippen LogP) is 2.02. The monoisotopic (exact) mass is 306 g/mol. The van der Waals surface area contributed by atoms with Crippen molar-refractivity contribution in [3.8, 4) is 5.69 Å². The summed E-state index contributed by atoms with van der Waals surface area (Å²) in [4.78, 5) is 16.0. The summed E-state index contributed by atoms with van der Waals surface area (Å²) in [7, 11) is 0. The second-order valence-electron chi connectivity index (χ2n) is 4.80. The van der Waals surface area contributed by atoms with Gasteiger partial charge in [0.2, 0.25) is 5.91 Å². The first-order chi connectivity index (χ1) is 11.2. The number of hydrogen-bond donors (Lipinski definition) is 1. The molecule has 0 spiro atoms. The van der Waals surface area contributed by atoms with Crippen molar-refractivity contribution in [3.63, 3.8) is 0 Å². The number of nitrogens with zero attached hydrogens (tertiary/aromatic N) is 5. The minimum Gasteiger partial charge on any atom is -0.322 e. The zero-order chi connectivity index (χ0) is 16.1. The molecule has 0 radical (unpaired) electrons. The van der Waals surface area contributed by atoms with Crippen molar-refractivity contribution in [2.45, 2.75) is 6.92 Å². The van der Waals surface area contributed by atoms with E-state index >= 15 is 0 Å². The average Bonchev–Trinajstić information content (AvgIpc) is 3.00. The smallest absolute Gasteiger partial charge is 0.248 e. The predicted molar refractivity (Wildman–Crippen MR) is 85.8 cm³/mol. The summed E-state index contributed by atoms with van der Waals surface area (Å²) < 4.78 is 1.60. The van der Waals surface area contributed by atoms with Gasteiger partial charge in [0.05, 0.1) is 5.69 Å². The van der Waals surface area contributed by atoms with Gasteiger partial charge in [-0.3, -0.25) is 9.78 Å². The molecule has 0 saturated carbocycles. The maximum Gasteiger partial charge on any atom is 0.248 e. The summed E-state index contributed by atoms with van der Waals surface area (Å²) in [6.07, 6.45) is 6.54. The van der Waals surface area contributed by atoms with Gasteiger partial charge in [-0.2, -0.15) is 4.68 Å². The largest absolute Gasteiger partial charge is 0.322 e. The molecule has 0 aliphatic carbocycles. The molecule has 0 atom stereocenters. The number of aromatic nitrogens is 5. The van der Waals surface area contributed by atoms with Gasteiger partial charge in [0.1, 0.15) is 0 Å². The Kier molecular flexibility index (Phi) is 4.19.